The van der Waals surface area contributed by atoms with E-state index >= 15 is 0 Å². The molecule has 2 aromatic carbocycles. The fourth-order valence-corrected chi connectivity index (χ4v) is 3.72. The summed E-state index contributed by atoms with van der Waals surface area (Å²) in [6.07, 6.45) is 6.13. The summed E-state index contributed by atoms with van der Waals surface area (Å²) in [5.74, 6) is -0.229. The number of aliphatic imine (C=N–C) groups is 1. The topological polar surface area (TPSA) is 49.7 Å². The SMILES string of the molecule is Cc1cc(CC(C2=CCC(C)C=N2)c2cccc(C)c2C)ccc1C(=O)O. The van der Waals surface area contributed by atoms with Gasteiger partial charge in [-0.05, 0) is 73.4 Å². The Morgan fingerprint density at radius 1 is 1.19 bits per heavy atom. The summed E-state index contributed by atoms with van der Waals surface area (Å²) in [6, 6.07) is 12.1. The van der Waals surface area contributed by atoms with Gasteiger partial charge in [-0.1, -0.05) is 43.3 Å². The average molecular weight is 361 g/mol. The Kier molecular flexibility index (Phi) is 5.59. The van der Waals surface area contributed by atoms with E-state index in [0.717, 1.165) is 29.7 Å². The standard InChI is InChI=1S/C24H27NO2/c1-15-8-11-23(25-14-15)22(21-7-5-6-16(2)18(21)4)13-19-9-10-20(24(26)27)17(3)12-19/h5-7,9-12,14-15,22H,8,13H2,1-4H3,(H,26,27). The molecule has 0 fully saturated rings. The second kappa shape index (κ2) is 7.91. The van der Waals surface area contributed by atoms with Crippen molar-refractivity contribution in [2.24, 2.45) is 10.9 Å². The third-order valence-corrected chi connectivity index (χ3v) is 5.52. The highest BCUT2D eigenvalue weighted by molar-refractivity contribution is 5.89. The number of carboxylic acids is 1. The molecule has 0 aromatic heterocycles. The van der Waals surface area contributed by atoms with Crippen LogP contribution in [0.3, 0.4) is 0 Å². The maximum atomic E-state index is 11.3. The maximum absolute atomic E-state index is 11.3. The first kappa shape index (κ1) is 19.1. The van der Waals surface area contributed by atoms with Gasteiger partial charge in [-0.2, -0.15) is 0 Å². The van der Waals surface area contributed by atoms with Crippen molar-refractivity contribution in [3.8, 4) is 0 Å². The summed E-state index contributed by atoms with van der Waals surface area (Å²) in [4.78, 5) is 16.1. The summed E-state index contributed by atoms with van der Waals surface area (Å²) in [5.41, 5.74) is 7.30. The van der Waals surface area contributed by atoms with Crippen LogP contribution in [0.15, 0.2) is 53.2 Å². The van der Waals surface area contributed by atoms with Crippen molar-refractivity contribution in [1.29, 1.82) is 0 Å². The van der Waals surface area contributed by atoms with Gasteiger partial charge in [0.05, 0.1) is 5.56 Å². The number of hydrogen-bond donors (Lipinski definition) is 1. The molecule has 3 nitrogen and oxygen atoms in total. The fourth-order valence-electron chi connectivity index (χ4n) is 3.72. The molecular weight excluding hydrogens is 334 g/mol. The third kappa shape index (κ3) is 4.19. The van der Waals surface area contributed by atoms with Gasteiger partial charge in [0.1, 0.15) is 0 Å². The van der Waals surface area contributed by atoms with E-state index in [1.54, 1.807) is 6.07 Å². The highest BCUT2D eigenvalue weighted by Crippen LogP contribution is 2.34. The first-order valence-electron chi connectivity index (χ1n) is 9.50. The third-order valence-electron chi connectivity index (χ3n) is 5.52. The van der Waals surface area contributed by atoms with Crippen molar-refractivity contribution >= 4 is 12.2 Å². The molecule has 3 heteroatoms. The van der Waals surface area contributed by atoms with Gasteiger partial charge in [-0.3, -0.25) is 4.99 Å². The zero-order valence-corrected chi connectivity index (χ0v) is 16.5. The van der Waals surface area contributed by atoms with Gasteiger partial charge >= 0.3 is 5.97 Å². The molecule has 0 bridgehead atoms. The molecule has 1 aliphatic heterocycles. The number of nitrogens with zero attached hydrogens (tertiary/aromatic N) is 1. The Hall–Kier alpha value is -2.68. The van der Waals surface area contributed by atoms with Crippen LogP contribution in [0.1, 0.15) is 57.4 Å². The smallest absolute Gasteiger partial charge is 0.335 e. The lowest BCUT2D eigenvalue weighted by Gasteiger charge is -2.24. The fraction of sp³-hybridized carbons (Fsp3) is 0.333. The van der Waals surface area contributed by atoms with Crippen LogP contribution in [-0.2, 0) is 6.42 Å². The summed E-state index contributed by atoms with van der Waals surface area (Å²) >= 11 is 0. The predicted molar refractivity (Wildman–Crippen MR) is 111 cm³/mol. The monoisotopic (exact) mass is 361 g/mol. The van der Waals surface area contributed by atoms with Gasteiger partial charge in [0, 0.05) is 17.8 Å². The molecule has 0 saturated heterocycles. The lowest BCUT2D eigenvalue weighted by Crippen LogP contribution is -2.12. The van der Waals surface area contributed by atoms with Gasteiger partial charge in [0.25, 0.3) is 0 Å². The summed E-state index contributed by atoms with van der Waals surface area (Å²) in [6.45, 7) is 8.35. The van der Waals surface area contributed by atoms with E-state index in [-0.39, 0.29) is 5.92 Å². The first-order valence-corrected chi connectivity index (χ1v) is 9.50. The zero-order chi connectivity index (χ0) is 19.6. The van der Waals surface area contributed by atoms with Crippen LogP contribution in [0.4, 0.5) is 0 Å². The molecule has 1 heterocycles. The van der Waals surface area contributed by atoms with Crippen LogP contribution < -0.4 is 0 Å². The van der Waals surface area contributed by atoms with Gasteiger partial charge in [-0.25, -0.2) is 4.79 Å². The molecule has 3 rings (SSSR count). The number of hydrogen-bond acceptors (Lipinski definition) is 2. The molecule has 140 valence electrons. The number of carbonyl (C=O) groups is 1. The van der Waals surface area contributed by atoms with Crippen LogP contribution in [-0.4, -0.2) is 17.3 Å². The van der Waals surface area contributed by atoms with Crippen LogP contribution in [0.2, 0.25) is 0 Å². The maximum Gasteiger partial charge on any atom is 0.335 e. The van der Waals surface area contributed by atoms with Crippen molar-refractivity contribution in [3.05, 3.63) is 81.6 Å². The van der Waals surface area contributed by atoms with Crippen LogP contribution in [0.25, 0.3) is 0 Å². The van der Waals surface area contributed by atoms with Gasteiger partial charge in [0.2, 0.25) is 0 Å². The van der Waals surface area contributed by atoms with Gasteiger partial charge in [0.15, 0.2) is 0 Å². The predicted octanol–water partition coefficient (Wildman–Crippen LogP) is 5.63. The zero-order valence-electron chi connectivity index (χ0n) is 16.5. The van der Waals surface area contributed by atoms with E-state index in [4.69, 9.17) is 4.99 Å². The highest BCUT2D eigenvalue weighted by atomic mass is 16.4. The molecule has 0 saturated carbocycles. The second-order valence-electron chi connectivity index (χ2n) is 7.62. The van der Waals surface area contributed by atoms with Crippen molar-refractivity contribution in [2.45, 2.75) is 46.5 Å². The van der Waals surface area contributed by atoms with E-state index in [0.29, 0.717) is 11.5 Å². The lowest BCUT2D eigenvalue weighted by molar-refractivity contribution is 0.0696. The quantitative estimate of drug-likeness (QED) is 0.750. The molecule has 2 aromatic rings. The molecule has 2 unspecified atom stereocenters. The highest BCUT2D eigenvalue weighted by Gasteiger charge is 2.22. The van der Waals surface area contributed by atoms with Crippen molar-refractivity contribution < 1.29 is 9.90 Å². The van der Waals surface area contributed by atoms with E-state index in [1.165, 1.54) is 16.7 Å². The van der Waals surface area contributed by atoms with Gasteiger partial charge < -0.3 is 5.11 Å². The number of allylic oxidation sites excluding steroid dienone is 2. The Balaban J connectivity index is 2.00. The number of rotatable bonds is 5. The number of aryl methyl sites for hydroxylation is 2. The normalized spacial score (nSPS) is 17.5. The van der Waals surface area contributed by atoms with Crippen molar-refractivity contribution in [1.82, 2.24) is 0 Å². The summed E-state index contributed by atoms with van der Waals surface area (Å²) in [7, 11) is 0. The first-order chi connectivity index (χ1) is 12.9. The van der Waals surface area contributed by atoms with E-state index in [1.807, 2.05) is 25.3 Å². The number of aromatic carboxylic acids is 1. The largest absolute Gasteiger partial charge is 0.478 e. The Bertz CT molecular complexity index is 924. The molecule has 1 N–H and O–H groups in total. The Morgan fingerprint density at radius 3 is 2.59 bits per heavy atom. The minimum absolute atomic E-state index is 0.170. The van der Waals surface area contributed by atoms with Crippen molar-refractivity contribution in [3.63, 3.8) is 0 Å². The summed E-state index contributed by atoms with van der Waals surface area (Å²) < 4.78 is 0. The van der Waals surface area contributed by atoms with E-state index in [9.17, 15) is 9.90 Å². The van der Waals surface area contributed by atoms with Crippen LogP contribution in [0.5, 0.6) is 0 Å². The Labute approximate surface area is 161 Å². The molecule has 2 atom stereocenters. The molecule has 0 amide bonds. The van der Waals surface area contributed by atoms with Crippen LogP contribution >= 0.6 is 0 Å². The van der Waals surface area contributed by atoms with Gasteiger partial charge in [-0.15, -0.1) is 0 Å². The average Bonchev–Trinajstić information content (AvgIpc) is 2.63. The molecule has 0 spiro atoms. The minimum Gasteiger partial charge on any atom is -0.478 e. The molecule has 1 aliphatic rings. The van der Waals surface area contributed by atoms with Crippen molar-refractivity contribution in [2.75, 3.05) is 0 Å². The minimum atomic E-state index is -0.876. The van der Waals surface area contributed by atoms with Crippen LogP contribution in [0, 0.1) is 26.7 Å². The molecule has 0 radical (unpaired) electrons. The second-order valence-corrected chi connectivity index (χ2v) is 7.62. The number of benzene rings is 2. The van der Waals surface area contributed by atoms with E-state index < -0.39 is 5.97 Å². The lowest BCUT2D eigenvalue weighted by atomic mass is 9.83. The Morgan fingerprint density at radius 2 is 1.96 bits per heavy atom. The molecule has 0 aliphatic carbocycles. The molecule has 27 heavy (non-hydrogen) atoms. The van der Waals surface area contributed by atoms with E-state index in [2.05, 4.69) is 45.0 Å². The molecular formula is C24H27NO2. The number of carboxylic acid groups (broad SMARTS) is 1. The summed E-state index contributed by atoms with van der Waals surface area (Å²) in [5, 5.41) is 9.28.